The molecule has 0 spiro atoms. The van der Waals surface area contributed by atoms with Crippen LogP contribution in [0.5, 0.6) is 0 Å². The second-order valence-electron chi connectivity index (χ2n) is 6.10. The fourth-order valence-electron chi connectivity index (χ4n) is 2.43. The standard InChI is InChI=1S/C17H21N3O/c1-13-16(21)20(11-7-6-10-17(2,3)12-18)15-9-5-4-8-14(15)19-13/h4-5,8-9H,6-7,10-11H2,1-3H3. The van der Waals surface area contributed by atoms with Crippen molar-refractivity contribution < 1.29 is 0 Å². The van der Waals surface area contributed by atoms with E-state index in [1.807, 2.05) is 38.1 Å². The number of hydrogen-bond donors (Lipinski definition) is 0. The first-order chi connectivity index (χ1) is 9.94. The Labute approximate surface area is 125 Å². The molecule has 2 aromatic rings. The normalized spacial score (nSPS) is 11.5. The smallest absolute Gasteiger partial charge is 0.272 e. The topological polar surface area (TPSA) is 58.7 Å². The molecular weight excluding hydrogens is 262 g/mol. The molecule has 0 unspecified atom stereocenters. The minimum Gasteiger partial charge on any atom is -0.305 e. The molecule has 0 saturated heterocycles. The summed E-state index contributed by atoms with van der Waals surface area (Å²) >= 11 is 0. The average Bonchev–Trinajstić information content (AvgIpc) is 2.47. The van der Waals surface area contributed by atoms with Crippen molar-refractivity contribution in [3.05, 3.63) is 40.3 Å². The number of unbranched alkanes of at least 4 members (excludes halogenated alkanes) is 1. The molecule has 110 valence electrons. The molecule has 1 aromatic carbocycles. The Morgan fingerprint density at radius 2 is 2.00 bits per heavy atom. The number of rotatable bonds is 5. The van der Waals surface area contributed by atoms with Gasteiger partial charge in [-0.15, -0.1) is 0 Å². The Bertz CT molecular complexity index is 738. The SMILES string of the molecule is Cc1nc2ccccc2n(CCCCC(C)(C)C#N)c1=O. The number of hydrogen-bond acceptors (Lipinski definition) is 3. The highest BCUT2D eigenvalue weighted by molar-refractivity contribution is 5.74. The minimum atomic E-state index is -0.290. The van der Waals surface area contributed by atoms with E-state index >= 15 is 0 Å². The minimum absolute atomic E-state index is 0.0201. The van der Waals surface area contributed by atoms with Crippen LogP contribution in [0, 0.1) is 23.7 Å². The van der Waals surface area contributed by atoms with Gasteiger partial charge in [0, 0.05) is 6.54 Å². The Morgan fingerprint density at radius 1 is 1.29 bits per heavy atom. The summed E-state index contributed by atoms with van der Waals surface area (Å²) in [6.45, 7) is 6.32. The van der Waals surface area contributed by atoms with Crippen LogP contribution < -0.4 is 5.56 Å². The van der Waals surface area contributed by atoms with Crippen LogP contribution in [-0.2, 0) is 6.54 Å². The summed E-state index contributed by atoms with van der Waals surface area (Å²) in [6.07, 6.45) is 2.67. The molecule has 4 heteroatoms. The Hall–Kier alpha value is -2.15. The fraction of sp³-hybridized carbons (Fsp3) is 0.471. The molecule has 0 aliphatic heterocycles. The first kappa shape index (κ1) is 15.2. The lowest BCUT2D eigenvalue weighted by atomic mass is 9.89. The number of nitrogens with zero attached hydrogens (tertiary/aromatic N) is 3. The zero-order valence-corrected chi connectivity index (χ0v) is 12.9. The van der Waals surface area contributed by atoms with Gasteiger partial charge in [0.2, 0.25) is 0 Å². The lowest BCUT2D eigenvalue weighted by Gasteiger charge is -2.15. The second kappa shape index (κ2) is 6.09. The predicted molar refractivity (Wildman–Crippen MR) is 84.0 cm³/mol. The van der Waals surface area contributed by atoms with Gasteiger partial charge in [0.15, 0.2) is 0 Å². The third kappa shape index (κ3) is 3.49. The molecule has 0 aliphatic rings. The highest BCUT2D eigenvalue weighted by Crippen LogP contribution is 2.22. The zero-order chi connectivity index (χ0) is 15.5. The van der Waals surface area contributed by atoms with Crippen molar-refractivity contribution in [2.75, 3.05) is 0 Å². The zero-order valence-electron chi connectivity index (χ0n) is 12.9. The molecule has 21 heavy (non-hydrogen) atoms. The van der Waals surface area contributed by atoms with Crippen LogP contribution in [0.2, 0.25) is 0 Å². The summed E-state index contributed by atoms with van der Waals surface area (Å²) in [5.74, 6) is 0. The summed E-state index contributed by atoms with van der Waals surface area (Å²) in [5.41, 5.74) is 1.96. The summed E-state index contributed by atoms with van der Waals surface area (Å²) in [5, 5.41) is 9.02. The predicted octanol–water partition coefficient (Wildman–Crippen LogP) is 3.43. The van der Waals surface area contributed by atoms with Crippen LogP contribution >= 0.6 is 0 Å². The number of benzene rings is 1. The summed E-state index contributed by atoms with van der Waals surface area (Å²) in [6, 6.07) is 10.0. The van der Waals surface area contributed by atoms with Crippen molar-refractivity contribution in [2.24, 2.45) is 5.41 Å². The van der Waals surface area contributed by atoms with E-state index in [1.165, 1.54) is 0 Å². The molecule has 0 N–H and O–H groups in total. The van der Waals surface area contributed by atoms with Gasteiger partial charge < -0.3 is 4.57 Å². The Kier molecular flexibility index (Phi) is 4.42. The largest absolute Gasteiger partial charge is 0.305 e. The van der Waals surface area contributed by atoms with Crippen molar-refractivity contribution >= 4 is 11.0 Å². The quantitative estimate of drug-likeness (QED) is 0.790. The molecule has 2 rings (SSSR count). The monoisotopic (exact) mass is 283 g/mol. The van der Waals surface area contributed by atoms with Crippen LogP contribution in [-0.4, -0.2) is 9.55 Å². The summed E-state index contributed by atoms with van der Waals surface area (Å²) < 4.78 is 1.80. The highest BCUT2D eigenvalue weighted by atomic mass is 16.1. The van der Waals surface area contributed by atoms with Crippen LogP contribution in [0.4, 0.5) is 0 Å². The van der Waals surface area contributed by atoms with Gasteiger partial charge in [-0.25, -0.2) is 4.98 Å². The Morgan fingerprint density at radius 3 is 2.71 bits per heavy atom. The molecule has 0 saturated carbocycles. The van der Waals surface area contributed by atoms with Gasteiger partial charge in [-0.3, -0.25) is 4.79 Å². The van der Waals surface area contributed by atoms with Gasteiger partial charge in [-0.2, -0.15) is 5.26 Å². The maximum absolute atomic E-state index is 12.3. The van der Waals surface area contributed by atoms with Gasteiger partial charge in [-0.05, 0) is 45.7 Å². The van der Waals surface area contributed by atoms with Gasteiger partial charge in [0.1, 0.15) is 5.69 Å². The summed E-state index contributed by atoms with van der Waals surface area (Å²) in [7, 11) is 0. The van der Waals surface area contributed by atoms with E-state index in [2.05, 4.69) is 11.1 Å². The van der Waals surface area contributed by atoms with Gasteiger partial charge in [0.25, 0.3) is 5.56 Å². The third-order valence-electron chi connectivity index (χ3n) is 3.75. The van der Waals surface area contributed by atoms with E-state index in [0.29, 0.717) is 12.2 Å². The molecule has 0 atom stereocenters. The van der Waals surface area contributed by atoms with E-state index in [-0.39, 0.29) is 11.0 Å². The first-order valence-corrected chi connectivity index (χ1v) is 7.32. The molecule has 0 radical (unpaired) electrons. The maximum Gasteiger partial charge on any atom is 0.272 e. The lowest BCUT2D eigenvalue weighted by Crippen LogP contribution is -2.24. The molecule has 0 bridgehead atoms. The fourth-order valence-corrected chi connectivity index (χ4v) is 2.43. The maximum atomic E-state index is 12.3. The third-order valence-corrected chi connectivity index (χ3v) is 3.75. The van der Waals surface area contributed by atoms with E-state index < -0.39 is 0 Å². The lowest BCUT2D eigenvalue weighted by molar-refractivity contribution is 0.416. The molecular formula is C17H21N3O. The number of aromatic nitrogens is 2. The number of para-hydroxylation sites is 2. The van der Waals surface area contributed by atoms with E-state index in [1.54, 1.807) is 11.5 Å². The van der Waals surface area contributed by atoms with Crippen LogP contribution in [0.25, 0.3) is 11.0 Å². The first-order valence-electron chi connectivity index (χ1n) is 7.32. The van der Waals surface area contributed by atoms with Crippen molar-refractivity contribution in [3.8, 4) is 6.07 Å². The number of fused-ring (bicyclic) bond motifs is 1. The van der Waals surface area contributed by atoms with Gasteiger partial charge in [0.05, 0.1) is 22.5 Å². The molecule has 0 fully saturated rings. The number of aryl methyl sites for hydroxylation is 2. The van der Waals surface area contributed by atoms with Crippen molar-refractivity contribution in [1.29, 1.82) is 5.26 Å². The summed E-state index contributed by atoms with van der Waals surface area (Å²) in [4.78, 5) is 16.6. The highest BCUT2D eigenvalue weighted by Gasteiger charge is 2.15. The van der Waals surface area contributed by atoms with Gasteiger partial charge in [-0.1, -0.05) is 18.6 Å². The van der Waals surface area contributed by atoms with Crippen LogP contribution in [0.15, 0.2) is 29.1 Å². The molecule has 1 heterocycles. The second-order valence-corrected chi connectivity index (χ2v) is 6.10. The molecule has 0 amide bonds. The van der Waals surface area contributed by atoms with Crippen molar-refractivity contribution in [2.45, 2.75) is 46.6 Å². The van der Waals surface area contributed by atoms with Crippen molar-refractivity contribution in [3.63, 3.8) is 0 Å². The van der Waals surface area contributed by atoms with E-state index in [4.69, 9.17) is 5.26 Å². The number of nitriles is 1. The molecule has 1 aromatic heterocycles. The Balaban J connectivity index is 2.17. The molecule has 4 nitrogen and oxygen atoms in total. The van der Waals surface area contributed by atoms with Crippen molar-refractivity contribution in [1.82, 2.24) is 9.55 Å². The average molecular weight is 283 g/mol. The van der Waals surface area contributed by atoms with E-state index in [9.17, 15) is 4.79 Å². The molecule has 0 aliphatic carbocycles. The van der Waals surface area contributed by atoms with Crippen LogP contribution in [0.1, 0.15) is 38.8 Å². The van der Waals surface area contributed by atoms with Gasteiger partial charge >= 0.3 is 0 Å². The van der Waals surface area contributed by atoms with Crippen LogP contribution in [0.3, 0.4) is 0 Å². The van der Waals surface area contributed by atoms with E-state index in [0.717, 1.165) is 30.3 Å².